The van der Waals surface area contributed by atoms with Gasteiger partial charge in [0.15, 0.2) is 0 Å². The number of carbonyl (C=O) groups is 1. The van der Waals surface area contributed by atoms with Crippen LogP contribution in [0.15, 0.2) is 18.3 Å². The van der Waals surface area contributed by atoms with Gasteiger partial charge < -0.3 is 9.64 Å². The van der Waals surface area contributed by atoms with E-state index in [0.29, 0.717) is 11.4 Å². The highest BCUT2D eigenvalue weighted by Gasteiger charge is 2.24. The van der Waals surface area contributed by atoms with E-state index < -0.39 is 0 Å². The predicted molar refractivity (Wildman–Crippen MR) is 84.0 cm³/mol. The van der Waals surface area contributed by atoms with Crippen molar-refractivity contribution >= 4 is 5.91 Å². The average Bonchev–Trinajstić information content (AvgIpc) is 2.78. The van der Waals surface area contributed by atoms with E-state index >= 15 is 0 Å². The van der Waals surface area contributed by atoms with E-state index in [0.717, 1.165) is 17.0 Å². The first-order valence-corrected chi connectivity index (χ1v) is 7.14. The maximum Gasteiger partial charge on any atom is 0.254 e. The third-order valence-corrected chi connectivity index (χ3v) is 4.07. The van der Waals surface area contributed by atoms with Gasteiger partial charge in [0, 0.05) is 43.2 Å². The molecule has 2 rings (SSSR count). The minimum atomic E-state index is -0.0733. The molecule has 0 fully saturated rings. The van der Waals surface area contributed by atoms with E-state index in [4.69, 9.17) is 4.74 Å². The molecule has 0 spiro atoms. The molecule has 0 saturated heterocycles. The second-order valence-electron chi connectivity index (χ2n) is 5.39. The molecule has 6 heteroatoms. The van der Waals surface area contributed by atoms with Gasteiger partial charge in [0.05, 0.1) is 18.8 Å². The Kier molecular flexibility index (Phi) is 4.49. The number of aryl methyl sites for hydroxylation is 2. The molecular weight excluding hydrogens is 280 g/mol. The molecule has 1 amide bonds. The first-order chi connectivity index (χ1) is 10.4. The molecule has 0 radical (unpaired) electrons. The van der Waals surface area contributed by atoms with Crippen molar-refractivity contribution in [3.8, 4) is 5.88 Å². The molecule has 22 heavy (non-hydrogen) atoms. The Morgan fingerprint density at radius 2 is 2.09 bits per heavy atom. The van der Waals surface area contributed by atoms with Crippen LogP contribution in [0.25, 0.3) is 0 Å². The van der Waals surface area contributed by atoms with Crippen molar-refractivity contribution in [2.75, 3.05) is 14.2 Å². The lowest BCUT2D eigenvalue weighted by molar-refractivity contribution is 0.0741. The largest absolute Gasteiger partial charge is 0.481 e. The van der Waals surface area contributed by atoms with Crippen molar-refractivity contribution in [1.82, 2.24) is 19.7 Å². The summed E-state index contributed by atoms with van der Waals surface area (Å²) in [5.41, 5.74) is 3.65. The monoisotopic (exact) mass is 302 g/mol. The molecule has 0 aliphatic rings. The van der Waals surface area contributed by atoms with Crippen LogP contribution in [0.3, 0.4) is 0 Å². The van der Waals surface area contributed by atoms with Gasteiger partial charge in [-0.2, -0.15) is 5.10 Å². The highest BCUT2D eigenvalue weighted by Crippen LogP contribution is 2.26. The maximum absolute atomic E-state index is 12.7. The van der Waals surface area contributed by atoms with Gasteiger partial charge in [-0.25, -0.2) is 4.98 Å². The SMILES string of the molecule is COc1cc(C(=O)N(C)C(C)c2c(C)nn(C)c2C)ccn1. The van der Waals surface area contributed by atoms with E-state index in [1.807, 2.05) is 32.5 Å². The molecule has 0 N–H and O–H groups in total. The lowest BCUT2D eigenvalue weighted by Crippen LogP contribution is -2.30. The molecule has 1 atom stereocenters. The van der Waals surface area contributed by atoms with Gasteiger partial charge in [-0.15, -0.1) is 0 Å². The van der Waals surface area contributed by atoms with E-state index in [-0.39, 0.29) is 11.9 Å². The van der Waals surface area contributed by atoms with Gasteiger partial charge in [-0.05, 0) is 26.8 Å². The molecule has 2 aromatic heterocycles. The molecule has 118 valence electrons. The second-order valence-corrected chi connectivity index (χ2v) is 5.39. The second kappa shape index (κ2) is 6.17. The van der Waals surface area contributed by atoms with Gasteiger partial charge >= 0.3 is 0 Å². The van der Waals surface area contributed by atoms with Gasteiger partial charge in [0.2, 0.25) is 5.88 Å². The summed E-state index contributed by atoms with van der Waals surface area (Å²) in [6.07, 6.45) is 1.57. The lowest BCUT2D eigenvalue weighted by atomic mass is 10.0. The smallest absolute Gasteiger partial charge is 0.254 e. The van der Waals surface area contributed by atoms with Crippen LogP contribution in [-0.2, 0) is 7.05 Å². The van der Waals surface area contributed by atoms with Crippen molar-refractivity contribution in [2.24, 2.45) is 7.05 Å². The van der Waals surface area contributed by atoms with Crippen LogP contribution in [0.2, 0.25) is 0 Å². The normalized spacial score (nSPS) is 12.1. The standard InChI is InChI=1S/C16H22N4O2/c1-10-15(12(3)20(5)18-10)11(2)19(4)16(21)13-7-8-17-14(9-13)22-6/h7-9,11H,1-6H3. The zero-order valence-electron chi connectivity index (χ0n) is 13.9. The molecule has 2 heterocycles. The number of methoxy groups -OCH3 is 1. The summed E-state index contributed by atoms with van der Waals surface area (Å²) < 4.78 is 6.92. The summed E-state index contributed by atoms with van der Waals surface area (Å²) in [5, 5.41) is 4.42. The lowest BCUT2D eigenvalue weighted by Gasteiger charge is -2.25. The number of aromatic nitrogens is 3. The molecule has 1 unspecified atom stereocenters. The Hall–Kier alpha value is -2.37. The quantitative estimate of drug-likeness (QED) is 0.869. The summed E-state index contributed by atoms with van der Waals surface area (Å²) in [4.78, 5) is 18.4. The number of ether oxygens (including phenoxy) is 1. The summed E-state index contributed by atoms with van der Waals surface area (Å²) in [7, 11) is 5.24. The number of hydrogen-bond acceptors (Lipinski definition) is 4. The summed E-state index contributed by atoms with van der Waals surface area (Å²) >= 11 is 0. The van der Waals surface area contributed by atoms with Crippen molar-refractivity contribution in [3.05, 3.63) is 40.8 Å². The predicted octanol–water partition coefficient (Wildman–Crippen LogP) is 2.27. The molecule has 0 bridgehead atoms. The summed E-state index contributed by atoms with van der Waals surface area (Å²) in [6.45, 7) is 5.99. The van der Waals surface area contributed by atoms with Crippen molar-refractivity contribution in [3.63, 3.8) is 0 Å². The van der Waals surface area contributed by atoms with Gasteiger partial charge in [-0.1, -0.05) is 0 Å². The Labute approximate surface area is 130 Å². The Balaban J connectivity index is 2.29. The summed E-state index contributed by atoms with van der Waals surface area (Å²) in [6, 6.07) is 3.27. The number of carbonyl (C=O) groups excluding carboxylic acids is 1. The fourth-order valence-corrected chi connectivity index (χ4v) is 2.62. The van der Waals surface area contributed by atoms with Crippen LogP contribution in [-0.4, -0.2) is 39.7 Å². The van der Waals surface area contributed by atoms with E-state index in [2.05, 4.69) is 10.1 Å². The fourth-order valence-electron chi connectivity index (χ4n) is 2.62. The zero-order chi connectivity index (χ0) is 16.4. The van der Waals surface area contributed by atoms with Crippen molar-refractivity contribution in [1.29, 1.82) is 0 Å². The molecule has 6 nitrogen and oxygen atoms in total. The Morgan fingerprint density at radius 1 is 1.41 bits per heavy atom. The number of rotatable bonds is 4. The van der Waals surface area contributed by atoms with Crippen LogP contribution in [0, 0.1) is 13.8 Å². The molecule has 0 aromatic carbocycles. The highest BCUT2D eigenvalue weighted by molar-refractivity contribution is 5.94. The topological polar surface area (TPSA) is 60.2 Å². The Bertz CT molecular complexity index is 693. The van der Waals surface area contributed by atoms with E-state index in [1.165, 1.54) is 7.11 Å². The first kappa shape index (κ1) is 16.0. The zero-order valence-corrected chi connectivity index (χ0v) is 13.9. The van der Waals surface area contributed by atoms with Crippen LogP contribution in [0.4, 0.5) is 0 Å². The fraction of sp³-hybridized carbons (Fsp3) is 0.438. The maximum atomic E-state index is 12.7. The van der Waals surface area contributed by atoms with Crippen LogP contribution in [0.1, 0.15) is 40.3 Å². The number of pyridine rings is 1. The first-order valence-electron chi connectivity index (χ1n) is 7.14. The third kappa shape index (κ3) is 2.81. The third-order valence-electron chi connectivity index (χ3n) is 4.07. The van der Waals surface area contributed by atoms with E-state index in [9.17, 15) is 4.79 Å². The van der Waals surface area contributed by atoms with Crippen LogP contribution < -0.4 is 4.74 Å². The Morgan fingerprint density at radius 3 is 2.64 bits per heavy atom. The minimum Gasteiger partial charge on any atom is -0.481 e. The molecular formula is C16H22N4O2. The number of hydrogen-bond donors (Lipinski definition) is 0. The number of nitrogens with zero attached hydrogens (tertiary/aromatic N) is 4. The highest BCUT2D eigenvalue weighted by atomic mass is 16.5. The van der Waals surface area contributed by atoms with Crippen molar-refractivity contribution in [2.45, 2.75) is 26.8 Å². The van der Waals surface area contributed by atoms with E-state index in [1.54, 1.807) is 30.3 Å². The minimum absolute atomic E-state index is 0.0691. The molecule has 0 aliphatic carbocycles. The molecule has 2 aromatic rings. The summed E-state index contributed by atoms with van der Waals surface area (Å²) in [5.74, 6) is 0.358. The van der Waals surface area contributed by atoms with Gasteiger partial charge in [0.1, 0.15) is 0 Å². The molecule has 0 saturated carbocycles. The average molecular weight is 302 g/mol. The van der Waals surface area contributed by atoms with Crippen molar-refractivity contribution < 1.29 is 9.53 Å². The van der Waals surface area contributed by atoms with Gasteiger partial charge in [-0.3, -0.25) is 9.48 Å². The van der Waals surface area contributed by atoms with Crippen LogP contribution >= 0.6 is 0 Å². The van der Waals surface area contributed by atoms with Gasteiger partial charge in [0.25, 0.3) is 5.91 Å². The van der Waals surface area contributed by atoms with Crippen LogP contribution in [0.5, 0.6) is 5.88 Å². The number of amides is 1. The molecule has 0 aliphatic heterocycles.